The summed E-state index contributed by atoms with van der Waals surface area (Å²) in [4.78, 5) is 12.3. The third-order valence-corrected chi connectivity index (χ3v) is 1.17. The summed E-state index contributed by atoms with van der Waals surface area (Å²) in [5.74, 6) is -0.443. The third kappa shape index (κ3) is 1.03. The van der Waals surface area contributed by atoms with E-state index >= 15 is 0 Å². The Balaban J connectivity index is 2.68. The molecule has 8 heavy (non-hydrogen) atoms. The molecule has 0 aliphatic carbocycles. The molecule has 0 aromatic heterocycles. The van der Waals surface area contributed by atoms with E-state index in [9.17, 15) is 9.00 Å². The van der Waals surface area contributed by atoms with E-state index in [0.29, 0.717) is 0 Å². The van der Waals surface area contributed by atoms with Crippen LogP contribution in [0.15, 0.2) is 5.10 Å². The van der Waals surface area contributed by atoms with Crippen LogP contribution in [0, 0.1) is 0 Å². The lowest BCUT2D eigenvalue weighted by molar-refractivity contribution is -0.112. The van der Waals surface area contributed by atoms with Gasteiger partial charge in [0.25, 0.3) is 5.91 Å². The first-order valence-corrected chi connectivity index (χ1v) is 2.95. The second kappa shape index (κ2) is 1.91. The molecule has 0 aromatic rings. The molecule has 0 spiro atoms. The molecule has 0 saturated heterocycles. The molecule has 6 heteroatoms. The van der Waals surface area contributed by atoms with Crippen molar-refractivity contribution >= 4 is 23.3 Å². The first-order valence-electron chi connectivity index (χ1n) is 1.80. The Morgan fingerprint density at radius 1 is 1.75 bits per heavy atom. The van der Waals surface area contributed by atoms with Crippen molar-refractivity contribution in [1.29, 1.82) is 0 Å². The van der Waals surface area contributed by atoms with E-state index in [1.54, 1.807) is 0 Å². The number of hydrogen-bond donors (Lipinski definition) is 2. The van der Waals surface area contributed by atoms with E-state index in [1.165, 1.54) is 0 Å². The van der Waals surface area contributed by atoms with Crippen LogP contribution in [0.25, 0.3) is 0 Å². The highest BCUT2D eigenvalue weighted by Crippen LogP contribution is 1.73. The molecule has 2 N–H and O–H groups in total. The van der Waals surface area contributed by atoms with Gasteiger partial charge in [0.1, 0.15) is 6.21 Å². The van der Waals surface area contributed by atoms with E-state index in [2.05, 4.69) is 14.7 Å². The zero-order chi connectivity index (χ0) is 5.98. The Morgan fingerprint density at radius 3 is 2.88 bits per heavy atom. The molecule has 1 rings (SSSR count). The Labute approximate surface area is 47.9 Å². The van der Waals surface area contributed by atoms with E-state index in [1.807, 2.05) is 0 Å². The average Bonchev–Trinajstić information content (AvgIpc) is 1.64. The highest BCUT2D eigenvalue weighted by atomic mass is 32.2. The van der Waals surface area contributed by atoms with Gasteiger partial charge in [0.15, 0.2) is 0 Å². The Kier molecular flexibility index (Phi) is 1.25. The number of nitrogens with zero attached hydrogens (tertiary/aromatic N) is 1. The molecule has 0 fully saturated rings. The maximum absolute atomic E-state index is 10.2. The van der Waals surface area contributed by atoms with Crippen LogP contribution in [0.4, 0.5) is 0 Å². The molecule has 0 aromatic carbocycles. The maximum Gasteiger partial charge on any atom is 0.277 e. The van der Waals surface area contributed by atoms with Crippen LogP contribution in [0.2, 0.25) is 0 Å². The van der Waals surface area contributed by atoms with Crippen LogP contribution >= 0.6 is 0 Å². The first-order chi connectivity index (χ1) is 3.79. The Bertz CT molecular complexity index is 165. The van der Waals surface area contributed by atoms with Crippen molar-refractivity contribution in [2.24, 2.45) is 5.10 Å². The average molecular weight is 133 g/mol. The number of carbonyl (C=O) groups is 1. The molecular weight excluding hydrogens is 130 g/mol. The second-order valence-corrected chi connectivity index (χ2v) is 2.01. The minimum Gasteiger partial charge on any atom is -0.267 e. The van der Waals surface area contributed by atoms with Crippen molar-refractivity contribution in [1.82, 2.24) is 9.55 Å². The number of hydrogen-bond acceptors (Lipinski definition) is 3. The van der Waals surface area contributed by atoms with Crippen LogP contribution in [0.1, 0.15) is 0 Å². The van der Waals surface area contributed by atoms with Crippen LogP contribution < -0.4 is 9.55 Å². The molecule has 1 unspecified atom stereocenters. The van der Waals surface area contributed by atoms with Crippen molar-refractivity contribution in [2.75, 3.05) is 0 Å². The lowest BCUT2D eigenvalue weighted by Gasteiger charge is -2.03. The summed E-state index contributed by atoms with van der Waals surface area (Å²) in [5.41, 5.74) is 0. The standard InChI is InChI=1S/C2H3N3O2S/c6-2-1-3-5-8(7)4-2/h1,5H,(H,4,6). The number of rotatable bonds is 0. The molecular formula is C2H3N3O2S. The fraction of sp³-hybridized carbons (Fsp3) is 0. The predicted octanol–water partition coefficient (Wildman–Crippen LogP) is -1.73. The highest BCUT2D eigenvalue weighted by molar-refractivity contribution is 7.81. The quantitative estimate of drug-likeness (QED) is 0.412. The summed E-state index contributed by atoms with van der Waals surface area (Å²) < 4.78 is 12.3. The molecule has 44 valence electrons. The lowest BCUT2D eigenvalue weighted by Crippen LogP contribution is -2.37. The number of amides is 1. The molecule has 1 aliphatic rings. The zero-order valence-corrected chi connectivity index (χ0v) is 4.57. The fourth-order valence-electron chi connectivity index (χ4n) is 0.273. The smallest absolute Gasteiger partial charge is 0.267 e. The summed E-state index contributed by atoms with van der Waals surface area (Å²) >= 11 is -1.52. The molecule has 0 radical (unpaired) electrons. The minimum absolute atomic E-state index is 0.443. The van der Waals surface area contributed by atoms with Gasteiger partial charge in [-0.15, -0.1) is 0 Å². The van der Waals surface area contributed by atoms with Gasteiger partial charge in [-0.25, -0.2) is 9.04 Å². The van der Waals surface area contributed by atoms with E-state index in [-0.39, 0.29) is 0 Å². The number of hydrazone groups is 1. The SMILES string of the molecule is O=C1C=NNS(=O)N1. The second-order valence-electron chi connectivity index (χ2n) is 1.08. The van der Waals surface area contributed by atoms with Gasteiger partial charge < -0.3 is 0 Å². The Hall–Kier alpha value is -0.910. The maximum atomic E-state index is 10.2. The summed E-state index contributed by atoms with van der Waals surface area (Å²) in [7, 11) is 0. The summed E-state index contributed by atoms with van der Waals surface area (Å²) in [6.07, 6.45) is 1.02. The summed E-state index contributed by atoms with van der Waals surface area (Å²) in [5, 5.41) is 3.25. The number of nitrogens with one attached hydrogen (secondary N) is 2. The highest BCUT2D eigenvalue weighted by Gasteiger charge is 2.05. The van der Waals surface area contributed by atoms with Gasteiger partial charge in [-0.2, -0.15) is 5.10 Å². The van der Waals surface area contributed by atoms with Gasteiger partial charge in [0.2, 0.25) is 11.2 Å². The van der Waals surface area contributed by atoms with Crippen molar-refractivity contribution < 1.29 is 9.00 Å². The van der Waals surface area contributed by atoms with Gasteiger partial charge >= 0.3 is 0 Å². The molecule has 1 aliphatic heterocycles. The monoisotopic (exact) mass is 133 g/mol. The summed E-state index contributed by atoms with van der Waals surface area (Å²) in [6.45, 7) is 0. The van der Waals surface area contributed by atoms with Gasteiger partial charge in [-0.1, -0.05) is 0 Å². The van der Waals surface area contributed by atoms with E-state index < -0.39 is 17.1 Å². The Morgan fingerprint density at radius 2 is 2.50 bits per heavy atom. The van der Waals surface area contributed by atoms with Crippen LogP contribution in [-0.2, 0) is 16.0 Å². The molecule has 0 bridgehead atoms. The van der Waals surface area contributed by atoms with Gasteiger partial charge in [-0.05, 0) is 0 Å². The van der Waals surface area contributed by atoms with Crippen LogP contribution in [-0.4, -0.2) is 16.3 Å². The third-order valence-electron chi connectivity index (χ3n) is 0.511. The number of carbonyl (C=O) groups excluding carboxylic acids is 1. The van der Waals surface area contributed by atoms with E-state index in [4.69, 9.17) is 0 Å². The van der Waals surface area contributed by atoms with Gasteiger partial charge in [0, 0.05) is 0 Å². The summed E-state index contributed by atoms with van der Waals surface area (Å²) in [6, 6.07) is 0. The lowest BCUT2D eigenvalue weighted by atomic mass is 10.7. The van der Waals surface area contributed by atoms with Crippen molar-refractivity contribution in [2.45, 2.75) is 0 Å². The van der Waals surface area contributed by atoms with Crippen molar-refractivity contribution in [3.63, 3.8) is 0 Å². The zero-order valence-electron chi connectivity index (χ0n) is 3.75. The van der Waals surface area contributed by atoms with E-state index in [0.717, 1.165) is 6.21 Å². The molecule has 1 amide bonds. The van der Waals surface area contributed by atoms with Crippen molar-refractivity contribution in [3.8, 4) is 0 Å². The van der Waals surface area contributed by atoms with Crippen molar-refractivity contribution in [3.05, 3.63) is 0 Å². The topological polar surface area (TPSA) is 70.6 Å². The first kappa shape index (κ1) is 5.23. The fourth-order valence-corrected chi connectivity index (χ4v) is 0.703. The van der Waals surface area contributed by atoms with Crippen LogP contribution in [0.3, 0.4) is 0 Å². The van der Waals surface area contributed by atoms with Gasteiger partial charge in [0.05, 0.1) is 0 Å². The molecule has 1 heterocycles. The van der Waals surface area contributed by atoms with Gasteiger partial charge in [-0.3, -0.25) is 9.52 Å². The minimum atomic E-state index is -1.52. The molecule has 1 atom stereocenters. The normalized spacial score (nSPS) is 26.5. The largest absolute Gasteiger partial charge is 0.277 e. The molecule has 5 nitrogen and oxygen atoms in total. The predicted molar refractivity (Wildman–Crippen MR) is 27.9 cm³/mol. The molecule has 0 saturated carbocycles. The van der Waals surface area contributed by atoms with Crippen LogP contribution in [0.5, 0.6) is 0 Å².